The average molecular weight is 175 g/mol. The molecule has 0 spiro atoms. The third-order valence-corrected chi connectivity index (χ3v) is 2.26. The minimum absolute atomic E-state index is 0.141. The zero-order valence-corrected chi connectivity index (χ0v) is 7.49. The van der Waals surface area contributed by atoms with Gasteiger partial charge < -0.3 is 10.5 Å². The molecule has 2 N–H and O–H groups in total. The summed E-state index contributed by atoms with van der Waals surface area (Å²) in [6.07, 6.45) is 2.73. The first-order chi connectivity index (χ1) is 6.29. The lowest BCUT2D eigenvalue weighted by Gasteiger charge is -2.22. The van der Waals surface area contributed by atoms with Gasteiger partial charge in [0.2, 0.25) is 0 Å². The molecule has 0 aromatic heterocycles. The molecule has 68 valence electrons. The van der Waals surface area contributed by atoms with Crippen LogP contribution in [0.4, 0.5) is 0 Å². The topological polar surface area (TPSA) is 35.2 Å². The van der Waals surface area contributed by atoms with Crippen molar-refractivity contribution in [3.63, 3.8) is 0 Å². The molecular formula is C11H13NO. The van der Waals surface area contributed by atoms with Crippen molar-refractivity contribution in [3.8, 4) is 5.75 Å². The summed E-state index contributed by atoms with van der Waals surface area (Å²) in [5, 5.41) is 0. The number of hydrogen-bond donors (Lipinski definition) is 1. The Morgan fingerprint density at radius 3 is 3.15 bits per heavy atom. The number of ether oxygens (including phenoxy) is 1. The number of benzene rings is 1. The van der Waals surface area contributed by atoms with Crippen LogP contribution < -0.4 is 10.5 Å². The Morgan fingerprint density at radius 1 is 1.54 bits per heavy atom. The molecule has 2 nitrogen and oxygen atoms in total. The molecular weight excluding hydrogens is 162 g/mol. The second-order valence-electron chi connectivity index (χ2n) is 3.35. The highest BCUT2D eigenvalue weighted by atomic mass is 16.5. The van der Waals surface area contributed by atoms with Gasteiger partial charge >= 0.3 is 0 Å². The van der Waals surface area contributed by atoms with E-state index in [0.717, 1.165) is 17.7 Å². The second-order valence-corrected chi connectivity index (χ2v) is 3.35. The Morgan fingerprint density at radius 2 is 2.38 bits per heavy atom. The van der Waals surface area contributed by atoms with Gasteiger partial charge in [-0.3, -0.25) is 0 Å². The summed E-state index contributed by atoms with van der Waals surface area (Å²) in [6, 6.07) is 6.24. The lowest BCUT2D eigenvalue weighted by atomic mass is 10.0. The monoisotopic (exact) mass is 175 g/mol. The number of rotatable bonds is 1. The van der Waals surface area contributed by atoms with Crippen LogP contribution in [-0.2, 0) is 6.42 Å². The molecule has 1 heterocycles. The van der Waals surface area contributed by atoms with E-state index in [2.05, 4.69) is 12.6 Å². The zero-order chi connectivity index (χ0) is 9.26. The first-order valence-electron chi connectivity index (χ1n) is 4.43. The number of hydrogen-bond acceptors (Lipinski definition) is 2. The first-order valence-corrected chi connectivity index (χ1v) is 4.43. The van der Waals surface area contributed by atoms with Crippen LogP contribution in [0.1, 0.15) is 11.1 Å². The molecule has 2 heteroatoms. The second kappa shape index (κ2) is 3.23. The van der Waals surface area contributed by atoms with E-state index in [1.165, 1.54) is 5.56 Å². The SMILES string of the molecule is C=Cc1ccc2c(c1)OC[C@H](N)C2. The molecule has 0 amide bonds. The van der Waals surface area contributed by atoms with Gasteiger partial charge in [0.15, 0.2) is 0 Å². The molecule has 1 atom stereocenters. The summed E-state index contributed by atoms with van der Waals surface area (Å²) < 4.78 is 5.51. The van der Waals surface area contributed by atoms with Gasteiger partial charge in [-0.2, -0.15) is 0 Å². The van der Waals surface area contributed by atoms with E-state index in [1.807, 2.05) is 18.2 Å². The van der Waals surface area contributed by atoms with Crippen molar-refractivity contribution in [2.45, 2.75) is 12.5 Å². The van der Waals surface area contributed by atoms with Crippen LogP contribution in [0.15, 0.2) is 24.8 Å². The summed E-state index contributed by atoms with van der Waals surface area (Å²) in [7, 11) is 0. The maximum absolute atomic E-state index is 5.77. The lowest BCUT2D eigenvalue weighted by molar-refractivity contribution is 0.263. The quantitative estimate of drug-likeness (QED) is 0.703. The Hall–Kier alpha value is -1.28. The van der Waals surface area contributed by atoms with Gasteiger partial charge in [-0.1, -0.05) is 24.8 Å². The van der Waals surface area contributed by atoms with Crippen LogP contribution in [0.5, 0.6) is 5.75 Å². The van der Waals surface area contributed by atoms with Crippen LogP contribution in [0, 0.1) is 0 Å². The molecule has 0 unspecified atom stereocenters. The van der Waals surface area contributed by atoms with Gasteiger partial charge in [-0.05, 0) is 23.6 Å². The maximum atomic E-state index is 5.77. The third-order valence-electron chi connectivity index (χ3n) is 2.26. The van der Waals surface area contributed by atoms with Gasteiger partial charge in [-0.25, -0.2) is 0 Å². The van der Waals surface area contributed by atoms with Crippen molar-refractivity contribution in [2.75, 3.05) is 6.61 Å². The summed E-state index contributed by atoms with van der Waals surface area (Å²) >= 11 is 0. The van der Waals surface area contributed by atoms with E-state index in [0.29, 0.717) is 6.61 Å². The van der Waals surface area contributed by atoms with Crippen molar-refractivity contribution in [1.82, 2.24) is 0 Å². The van der Waals surface area contributed by atoms with Crippen LogP contribution in [0.2, 0.25) is 0 Å². The standard InChI is InChI=1S/C11H13NO/c1-2-8-3-4-9-6-10(12)7-13-11(9)5-8/h2-5,10H,1,6-7,12H2/t10-/m1/s1. The molecule has 0 aliphatic carbocycles. The van der Waals surface area contributed by atoms with E-state index in [4.69, 9.17) is 10.5 Å². The number of nitrogens with two attached hydrogens (primary N) is 1. The van der Waals surface area contributed by atoms with Gasteiger partial charge in [0, 0.05) is 6.04 Å². The summed E-state index contributed by atoms with van der Waals surface area (Å²) in [5.41, 5.74) is 8.07. The Balaban J connectivity index is 2.36. The minimum atomic E-state index is 0.141. The predicted molar refractivity (Wildman–Crippen MR) is 53.7 cm³/mol. The van der Waals surface area contributed by atoms with Crippen LogP contribution in [0.3, 0.4) is 0 Å². The molecule has 13 heavy (non-hydrogen) atoms. The first kappa shape index (κ1) is 8.32. The van der Waals surface area contributed by atoms with E-state index in [1.54, 1.807) is 0 Å². The molecule has 0 bridgehead atoms. The van der Waals surface area contributed by atoms with Gasteiger partial charge in [-0.15, -0.1) is 0 Å². The molecule has 0 saturated carbocycles. The van der Waals surface area contributed by atoms with Crippen molar-refractivity contribution >= 4 is 6.08 Å². The molecule has 0 saturated heterocycles. The van der Waals surface area contributed by atoms with Crippen molar-refractivity contribution < 1.29 is 4.74 Å². The highest BCUT2D eigenvalue weighted by molar-refractivity contribution is 5.52. The van der Waals surface area contributed by atoms with Crippen molar-refractivity contribution in [3.05, 3.63) is 35.9 Å². The highest BCUT2D eigenvalue weighted by Gasteiger charge is 2.15. The third kappa shape index (κ3) is 1.58. The van der Waals surface area contributed by atoms with E-state index in [9.17, 15) is 0 Å². The molecule has 1 aliphatic rings. The van der Waals surface area contributed by atoms with Gasteiger partial charge in [0.05, 0.1) is 0 Å². The Labute approximate surface area is 78.0 Å². The fourth-order valence-electron chi connectivity index (χ4n) is 1.54. The van der Waals surface area contributed by atoms with E-state index in [-0.39, 0.29) is 6.04 Å². The predicted octanol–water partition coefficient (Wildman–Crippen LogP) is 1.59. The van der Waals surface area contributed by atoms with Gasteiger partial charge in [0.25, 0.3) is 0 Å². The van der Waals surface area contributed by atoms with Crippen LogP contribution in [-0.4, -0.2) is 12.6 Å². The van der Waals surface area contributed by atoms with Gasteiger partial charge in [0.1, 0.15) is 12.4 Å². The molecule has 1 aliphatic heterocycles. The Kier molecular flexibility index (Phi) is 2.07. The van der Waals surface area contributed by atoms with E-state index >= 15 is 0 Å². The largest absolute Gasteiger partial charge is 0.492 e. The lowest BCUT2D eigenvalue weighted by Crippen LogP contribution is -2.33. The molecule has 0 radical (unpaired) electrons. The maximum Gasteiger partial charge on any atom is 0.123 e. The van der Waals surface area contributed by atoms with Crippen molar-refractivity contribution in [1.29, 1.82) is 0 Å². The molecule has 1 aromatic carbocycles. The summed E-state index contributed by atoms with van der Waals surface area (Å²) in [6.45, 7) is 4.33. The van der Waals surface area contributed by atoms with Crippen molar-refractivity contribution in [2.24, 2.45) is 5.73 Å². The average Bonchev–Trinajstić information content (AvgIpc) is 2.17. The van der Waals surface area contributed by atoms with E-state index < -0.39 is 0 Å². The number of fused-ring (bicyclic) bond motifs is 1. The normalized spacial score (nSPS) is 20.2. The molecule has 2 rings (SSSR count). The zero-order valence-electron chi connectivity index (χ0n) is 7.49. The van der Waals surface area contributed by atoms with Crippen LogP contribution in [0.25, 0.3) is 6.08 Å². The fourth-order valence-corrected chi connectivity index (χ4v) is 1.54. The smallest absolute Gasteiger partial charge is 0.123 e. The minimum Gasteiger partial charge on any atom is -0.492 e. The Bertz CT molecular complexity index is 333. The molecule has 0 fully saturated rings. The molecule has 1 aromatic rings. The van der Waals surface area contributed by atoms with Crippen LogP contribution >= 0.6 is 0 Å². The fraction of sp³-hybridized carbons (Fsp3) is 0.273. The summed E-state index contributed by atoms with van der Waals surface area (Å²) in [5.74, 6) is 0.958. The highest BCUT2D eigenvalue weighted by Crippen LogP contribution is 2.25. The summed E-state index contributed by atoms with van der Waals surface area (Å²) in [4.78, 5) is 0.